The van der Waals surface area contributed by atoms with E-state index in [1.54, 1.807) is 23.1 Å². The summed E-state index contributed by atoms with van der Waals surface area (Å²) in [7, 11) is 0. The van der Waals surface area contributed by atoms with Gasteiger partial charge in [-0.05, 0) is 44.1 Å². The maximum absolute atomic E-state index is 12.5. The molecule has 2 fully saturated rings. The molecule has 2 aliphatic rings. The number of nitrogens with one attached hydrogen (secondary N) is 1. The van der Waals surface area contributed by atoms with Crippen molar-refractivity contribution < 1.29 is 4.79 Å². The lowest BCUT2D eigenvalue weighted by molar-refractivity contribution is -0.120. The number of thioether (sulfide) groups is 1. The Morgan fingerprint density at radius 2 is 2.16 bits per heavy atom. The summed E-state index contributed by atoms with van der Waals surface area (Å²) in [5, 5.41) is 14.9. The van der Waals surface area contributed by atoms with Crippen molar-refractivity contribution in [3.05, 3.63) is 28.2 Å². The summed E-state index contributed by atoms with van der Waals surface area (Å²) < 4.78 is 2.27. The topological polar surface area (TPSA) is 59.8 Å². The van der Waals surface area contributed by atoms with Gasteiger partial charge >= 0.3 is 0 Å². The molecule has 0 aromatic carbocycles. The Bertz CT molecular complexity index is 718. The van der Waals surface area contributed by atoms with Crippen LogP contribution in [-0.4, -0.2) is 32.0 Å². The first-order valence-electron chi connectivity index (χ1n) is 9.14. The number of aromatic nitrogens is 3. The van der Waals surface area contributed by atoms with Crippen LogP contribution in [0.5, 0.6) is 0 Å². The van der Waals surface area contributed by atoms with Crippen molar-refractivity contribution >= 4 is 29.0 Å². The number of hydrogen-bond donors (Lipinski definition) is 1. The molecule has 4 rings (SSSR count). The number of nitrogens with zero attached hydrogens (tertiary/aromatic N) is 3. The second kappa shape index (κ2) is 7.50. The Morgan fingerprint density at radius 3 is 2.84 bits per heavy atom. The van der Waals surface area contributed by atoms with E-state index in [0.29, 0.717) is 12.1 Å². The van der Waals surface area contributed by atoms with Crippen LogP contribution in [0.3, 0.4) is 0 Å². The molecule has 2 saturated carbocycles. The molecule has 5 nitrogen and oxygen atoms in total. The van der Waals surface area contributed by atoms with E-state index in [4.69, 9.17) is 0 Å². The first kappa shape index (κ1) is 17.1. The number of carbonyl (C=O) groups is 1. The summed E-state index contributed by atoms with van der Waals surface area (Å²) in [5.74, 6) is 1.15. The van der Waals surface area contributed by atoms with Crippen LogP contribution >= 0.6 is 23.1 Å². The SMILES string of the molecule is CC(Sc1nnc(Cc2cccs2)n1C1CC1)C(=O)NC1CCCC1. The zero-order chi connectivity index (χ0) is 17.2. The zero-order valence-corrected chi connectivity index (χ0v) is 16.1. The van der Waals surface area contributed by atoms with Gasteiger partial charge in [-0.2, -0.15) is 0 Å². The Morgan fingerprint density at radius 1 is 1.36 bits per heavy atom. The summed E-state index contributed by atoms with van der Waals surface area (Å²) in [4.78, 5) is 13.8. The highest BCUT2D eigenvalue weighted by atomic mass is 32.2. The monoisotopic (exact) mass is 376 g/mol. The molecule has 0 saturated heterocycles. The number of carbonyl (C=O) groups excluding carboxylic acids is 1. The molecule has 1 unspecified atom stereocenters. The molecule has 2 aliphatic carbocycles. The lowest BCUT2D eigenvalue weighted by Gasteiger charge is -2.16. The third-order valence-corrected chi connectivity index (χ3v) is 6.85. The zero-order valence-electron chi connectivity index (χ0n) is 14.5. The average molecular weight is 377 g/mol. The van der Waals surface area contributed by atoms with Crippen molar-refractivity contribution in [3.8, 4) is 0 Å². The van der Waals surface area contributed by atoms with E-state index in [9.17, 15) is 4.79 Å². The maximum atomic E-state index is 12.5. The second-order valence-electron chi connectivity index (χ2n) is 7.01. The quantitative estimate of drug-likeness (QED) is 0.747. The molecule has 134 valence electrons. The molecular formula is C18H24N4OS2. The number of thiophene rings is 1. The van der Waals surface area contributed by atoms with Gasteiger partial charge in [-0.25, -0.2) is 0 Å². The number of amides is 1. The minimum absolute atomic E-state index is 0.127. The summed E-state index contributed by atoms with van der Waals surface area (Å²) in [5.41, 5.74) is 0. The molecular weight excluding hydrogens is 352 g/mol. The lowest BCUT2D eigenvalue weighted by Crippen LogP contribution is -2.37. The Hall–Kier alpha value is -1.34. The smallest absolute Gasteiger partial charge is 0.233 e. The largest absolute Gasteiger partial charge is 0.352 e. The molecule has 0 spiro atoms. The van der Waals surface area contributed by atoms with Crippen molar-refractivity contribution in [3.63, 3.8) is 0 Å². The normalized spacial score (nSPS) is 19.2. The van der Waals surface area contributed by atoms with Crippen molar-refractivity contribution in [2.45, 2.75) is 74.4 Å². The summed E-state index contributed by atoms with van der Waals surface area (Å²) >= 11 is 3.30. The molecule has 1 atom stereocenters. The Labute approximate surface area is 156 Å². The molecule has 2 aromatic rings. The second-order valence-corrected chi connectivity index (χ2v) is 9.35. The first-order chi connectivity index (χ1) is 12.2. The highest BCUT2D eigenvalue weighted by molar-refractivity contribution is 8.00. The highest BCUT2D eigenvalue weighted by Gasteiger charge is 2.31. The van der Waals surface area contributed by atoms with E-state index in [1.165, 1.54) is 30.6 Å². The molecule has 0 bridgehead atoms. The Kier molecular flexibility index (Phi) is 5.12. The van der Waals surface area contributed by atoms with Gasteiger partial charge in [0.2, 0.25) is 5.91 Å². The van der Waals surface area contributed by atoms with Crippen LogP contribution in [0.25, 0.3) is 0 Å². The van der Waals surface area contributed by atoms with E-state index >= 15 is 0 Å². The van der Waals surface area contributed by atoms with Crippen molar-refractivity contribution in [2.24, 2.45) is 0 Å². The van der Waals surface area contributed by atoms with Crippen LogP contribution in [0.4, 0.5) is 0 Å². The molecule has 2 aromatic heterocycles. The molecule has 0 radical (unpaired) electrons. The first-order valence-corrected chi connectivity index (χ1v) is 10.9. The van der Waals surface area contributed by atoms with Crippen LogP contribution in [-0.2, 0) is 11.2 Å². The summed E-state index contributed by atoms with van der Waals surface area (Å²) in [6.07, 6.45) is 7.89. The summed E-state index contributed by atoms with van der Waals surface area (Å²) in [6, 6.07) is 5.09. The van der Waals surface area contributed by atoms with Crippen LogP contribution in [0.15, 0.2) is 22.7 Å². The molecule has 1 amide bonds. The maximum Gasteiger partial charge on any atom is 0.233 e. The van der Waals surface area contributed by atoms with Crippen LogP contribution in [0.2, 0.25) is 0 Å². The van der Waals surface area contributed by atoms with E-state index in [-0.39, 0.29) is 11.2 Å². The van der Waals surface area contributed by atoms with Crippen molar-refractivity contribution in [1.82, 2.24) is 20.1 Å². The summed E-state index contributed by atoms with van der Waals surface area (Å²) in [6.45, 7) is 1.97. The molecule has 2 heterocycles. The fraction of sp³-hybridized carbons (Fsp3) is 0.611. The van der Waals surface area contributed by atoms with Crippen molar-refractivity contribution in [2.75, 3.05) is 0 Å². The standard InChI is InChI=1S/C18H24N4OS2/c1-12(17(23)19-13-5-2-3-6-13)25-18-21-20-16(22(18)14-8-9-14)11-15-7-4-10-24-15/h4,7,10,12-14H,2-3,5-6,8-9,11H2,1H3,(H,19,23). The fourth-order valence-corrected chi connectivity index (χ4v) is 5.03. The van der Waals surface area contributed by atoms with E-state index < -0.39 is 0 Å². The van der Waals surface area contributed by atoms with Gasteiger partial charge in [0.25, 0.3) is 0 Å². The van der Waals surface area contributed by atoms with Gasteiger partial charge in [0.15, 0.2) is 5.16 Å². The van der Waals surface area contributed by atoms with E-state index in [1.807, 2.05) is 6.92 Å². The van der Waals surface area contributed by atoms with Gasteiger partial charge < -0.3 is 9.88 Å². The third-order valence-electron chi connectivity index (χ3n) is 4.91. The van der Waals surface area contributed by atoms with E-state index in [0.717, 1.165) is 30.2 Å². The van der Waals surface area contributed by atoms with Gasteiger partial charge in [-0.1, -0.05) is 30.7 Å². The average Bonchev–Trinajstić information content (AvgIpc) is 3.01. The van der Waals surface area contributed by atoms with Crippen LogP contribution < -0.4 is 5.32 Å². The van der Waals surface area contributed by atoms with Crippen LogP contribution in [0.1, 0.15) is 62.2 Å². The van der Waals surface area contributed by atoms with Crippen molar-refractivity contribution in [1.29, 1.82) is 0 Å². The van der Waals surface area contributed by atoms with Gasteiger partial charge in [-0.15, -0.1) is 21.5 Å². The minimum Gasteiger partial charge on any atom is -0.352 e. The number of hydrogen-bond acceptors (Lipinski definition) is 5. The van der Waals surface area contributed by atoms with Gasteiger partial charge in [0.1, 0.15) is 5.82 Å². The fourth-order valence-electron chi connectivity index (χ4n) is 3.38. The predicted octanol–water partition coefficient (Wildman–Crippen LogP) is 3.80. The third kappa shape index (κ3) is 4.08. The molecule has 25 heavy (non-hydrogen) atoms. The van der Waals surface area contributed by atoms with Gasteiger partial charge in [-0.3, -0.25) is 4.79 Å². The van der Waals surface area contributed by atoms with E-state index in [2.05, 4.69) is 37.6 Å². The molecule has 1 N–H and O–H groups in total. The molecule has 0 aliphatic heterocycles. The highest BCUT2D eigenvalue weighted by Crippen LogP contribution is 2.40. The van der Waals surface area contributed by atoms with Crippen LogP contribution in [0, 0.1) is 0 Å². The molecule has 7 heteroatoms. The van der Waals surface area contributed by atoms with Gasteiger partial charge in [0, 0.05) is 23.4 Å². The predicted molar refractivity (Wildman–Crippen MR) is 101 cm³/mol. The Balaban J connectivity index is 1.44. The lowest BCUT2D eigenvalue weighted by atomic mass is 10.2. The van der Waals surface area contributed by atoms with Gasteiger partial charge in [0.05, 0.1) is 5.25 Å². The number of rotatable bonds is 7. The minimum atomic E-state index is -0.142.